The lowest BCUT2D eigenvalue weighted by Crippen LogP contribution is -2.47. The maximum absolute atomic E-state index is 9.39. The molecule has 4 heteroatoms. The van der Waals surface area contributed by atoms with Crippen LogP contribution in [0.5, 0.6) is 0 Å². The Bertz CT molecular complexity index is 624. The summed E-state index contributed by atoms with van der Waals surface area (Å²) in [6, 6.07) is 8.46. The number of thiophene rings is 1. The zero-order valence-corrected chi connectivity index (χ0v) is 17.0. The van der Waals surface area contributed by atoms with E-state index in [2.05, 4.69) is 65.8 Å². The maximum atomic E-state index is 9.39. The van der Waals surface area contributed by atoms with Gasteiger partial charge in [0.2, 0.25) is 8.32 Å². The molecular formula is C19H30O2SSi. The zero-order valence-electron chi connectivity index (χ0n) is 15.2. The minimum atomic E-state index is -1.84. The summed E-state index contributed by atoms with van der Waals surface area (Å²) in [6.45, 7) is 14.7. The topological polar surface area (TPSA) is 29.5 Å². The quantitative estimate of drug-likeness (QED) is 0.613. The Morgan fingerprint density at radius 3 is 2.17 bits per heavy atom. The molecule has 0 atom stereocenters. The van der Waals surface area contributed by atoms with Crippen molar-refractivity contribution >= 4 is 29.7 Å². The van der Waals surface area contributed by atoms with Crippen molar-refractivity contribution in [3.63, 3.8) is 0 Å². The largest absolute Gasteiger partial charge is 0.412 e. The summed E-state index contributed by atoms with van der Waals surface area (Å²) >= 11 is 1.69. The van der Waals surface area contributed by atoms with E-state index in [1.165, 1.54) is 15.6 Å². The molecule has 0 radical (unpaired) electrons. The van der Waals surface area contributed by atoms with Crippen molar-refractivity contribution in [3.05, 3.63) is 34.7 Å². The van der Waals surface area contributed by atoms with Crippen LogP contribution < -0.4 is 0 Å². The molecule has 0 unspecified atom stereocenters. The fourth-order valence-corrected chi connectivity index (χ4v) is 10.5. The highest BCUT2D eigenvalue weighted by molar-refractivity contribution is 7.19. The van der Waals surface area contributed by atoms with E-state index in [9.17, 15) is 5.11 Å². The summed E-state index contributed by atoms with van der Waals surface area (Å²) in [4.78, 5) is 1.02. The zero-order chi connectivity index (χ0) is 17.2. The molecule has 0 aliphatic heterocycles. The predicted molar refractivity (Wildman–Crippen MR) is 104 cm³/mol. The van der Waals surface area contributed by atoms with Crippen molar-refractivity contribution < 1.29 is 9.53 Å². The van der Waals surface area contributed by atoms with E-state index in [-0.39, 0.29) is 6.61 Å². The highest BCUT2D eigenvalue weighted by Gasteiger charge is 2.45. The third-order valence-corrected chi connectivity index (χ3v) is 12.3. The van der Waals surface area contributed by atoms with Crippen LogP contribution in [0.15, 0.2) is 24.3 Å². The van der Waals surface area contributed by atoms with Crippen LogP contribution in [-0.2, 0) is 17.6 Å². The molecule has 2 aromatic rings. The Kier molecular flexibility index (Phi) is 6.06. The number of benzene rings is 1. The van der Waals surface area contributed by atoms with Crippen LogP contribution in [-0.4, -0.2) is 13.4 Å². The highest BCUT2D eigenvalue weighted by atomic mass is 32.1. The third-order valence-electron chi connectivity index (χ3n) is 5.02. The standard InChI is InChI=1S/C19H30O2SSi/c1-13(2)23(14(3)4,15(5)6)21-12-17-9-7-8-16-10-18(11-20)22-19(16)17/h7-10,13-15,20H,11-12H2,1-6H3. The average Bonchev–Trinajstić information content (AvgIpc) is 2.90. The Hall–Kier alpha value is -0.683. The first kappa shape index (κ1) is 18.7. The van der Waals surface area contributed by atoms with Crippen LogP contribution in [0.3, 0.4) is 0 Å². The van der Waals surface area contributed by atoms with Crippen LogP contribution in [0.4, 0.5) is 0 Å². The summed E-state index contributed by atoms with van der Waals surface area (Å²) in [6.07, 6.45) is 0. The first-order valence-corrected chi connectivity index (χ1v) is 11.5. The second-order valence-corrected chi connectivity index (χ2v) is 13.9. The number of aliphatic hydroxyl groups is 1. The minimum Gasteiger partial charge on any atom is -0.412 e. The van der Waals surface area contributed by atoms with E-state index in [0.29, 0.717) is 23.2 Å². The number of aliphatic hydroxyl groups excluding tert-OH is 1. The van der Waals surface area contributed by atoms with Gasteiger partial charge in [0, 0.05) is 9.58 Å². The first-order valence-electron chi connectivity index (χ1n) is 8.58. The monoisotopic (exact) mass is 350 g/mol. The van der Waals surface area contributed by atoms with Gasteiger partial charge in [-0.15, -0.1) is 11.3 Å². The number of rotatable bonds is 7. The molecule has 0 bridgehead atoms. The molecule has 23 heavy (non-hydrogen) atoms. The van der Waals surface area contributed by atoms with Gasteiger partial charge in [-0.3, -0.25) is 0 Å². The van der Waals surface area contributed by atoms with Crippen LogP contribution in [0, 0.1) is 0 Å². The van der Waals surface area contributed by atoms with E-state index in [4.69, 9.17) is 4.43 Å². The van der Waals surface area contributed by atoms with E-state index < -0.39 is 8.32 Å². The van der Waals surface area contributed by atoms with Crippen molar-refractivity contribution in [3.8, 4) is 0 Å². The Balaban J connectivity index is 2.33. The summed E-state index contributed by atoms with van der Waals surface area (Å²) in [7, 11) is -1.84. The van der Waals surface area contributed by atoms with Gasteiger partial charge in [-0.1, -0.05) is 59.7 Å². The summed E-state index contributed by atoms with van der Waals surface area (Å²) < 4.78 is 7.99. The molecule has 0 saturated carbocycles. The molecule has 0 spiro atoms. The van der Waals surface area contributed by atoms with Gasteiger partial charge in [-0.05, 0) is 33.6 Å². The fraction of sp³-hybridized carbons (Fsp3) is 0.579. The predicted octanol–water partition coefficient (Wildman–Crippen LogP) is 6.09. The Labute approximate surface area is 145 Å². The normalized spacial score (nSPS) is 13.0. The van der Waals surface area contributed by atoms with E-state index in [1.54, 1.807) is 11.3 Å². The van der Waals surface area contributed by atoms with Crippen molar-refractivity contribution in [2.24, 2.45) is 0 Å². The van der Waals surface area contributed by atoms with Gasteiger partial charge in [-0.25, -0.2) is 0 Å². The number of hydrogen-bond acceptors (Lipinski definition) is 3. The van der Waals surface area contributed by atoms with Gasteiger partial charge < -0.3 is 9.53 Å². The molecule has 0 fully saturated rings. The van der Waals surface area contributed by atoms with Gasteiger partial charge in [0.1, 0.15) is 0 Å². The second kappa shape index (κ2) is 7.47. The molecule has 2 rings (SSSR count). The van der Waals surface area contributed by atoms with Gasteiger partial charge >= 0.3 is 0 Å². The molecule has 0 aliphatic rings. The third kappa shape index (κ3) is 3.55. The van der Waals surface area contributed by atoms with Gasteiger partial charge in [-0.2, -0.15) is 0 Å². The SMILES string of the molecule is CC(C)[Si](OCc1cccc2cc(CO)sc12)(C(C)C)C(C)C. The van der Waals surface area contributed by atoms with Gasteiger partial charge in [0.25, 0.3) is 0 Å². The highest BCUT2D eigenvalue weighted by Crippen LogP contribution is 2.43. The molecule has 0 aliphatic carbocycles. The van der Waals surface area contributed by atoms with Crippen molar-refractivity contribution in [1.29, 1.82) is 0 Å². The molecule has 2 nitrogen and oxygen atoms in total. The molecule has 0 saturated heterocycles. The molecule has 128 valence electrons. The second-order valence-electron chi connectivity index (χ2n) is 7.31. The summed E-state index contributed by atoms with van der Waals surface area (Å²) in [5, 5.41) is 10.6. The lowest BCUT2D eigenvalue weighted by molar-refractivity contribution is 0.267. The van der Waals surface area contributed by atoms with Crippen LogP contribution in [0.2, 0.25) is 16.6 Å². The van der Waals surface area contributed by atoms with Crippen LogP contribution >= 0.6 is 11.3 Å². The van der Waals surface area contributed by atoms with E-state index in [0.717, 1.165) is 4.88 Å². The van der Waals surface area contributed by atoms with Crippen LogP contribution in [0.1, 0.15) is 52.0 Å². The molecule has 1 aromatic carbocycles. The van der Waals surface area contributed by atoms with Gasteiger partial charge in [0.15, 0.2) is 0 Å². The molecule has 0 amide bonds. The summed E-state index contributed by atoms with van der Waals surface area (Å²) in [5.74, 6) is 0. The van der Waals surface area contributed by atoms with Gasteiger partial charge in [0.05, 0.1) is 13.2 Å². The van der Waals surface area contributed by atoms with E-state index >= 15 is 0 Å². The smallest absolute Gasteiger partial charge is 0.200 e. The fourth-order valence-electron chi connectivity index (χ4n) is 4.07. The van der Waals surface area contributed by atoms with Crippen molar-refractivity contribution in [1.82, 2.24) is 0 Å². The summed E-state index contributed by atoms with van der Waals surface area (Å²) in [5.41, 5.74) is 3.04. The lowest BCUT2D eigenvalue weighted by Gasteiger charge is -2.42. The maximum Gasteiger partial charge on any atom is 0.200 e. The molecule has 1 aromatic heterocycles. The van der Waals surface area contributed by atoms with Crippen molar-refractivity contribution in [2.45, 2.75) is 71.4 Å². The molecule has 1 N–H and O–H groups in total. The Morgan fingerprint density at radius 2 is 1.65 bits per heavy atom. The average molecular weight is 351 g/mol. The van der Waals surface area contributed by atoms with E-state index in [1.807, 2.05) is 0 Å². The molecular weight excluding hydrogens is 320 g/mol. The molecule has 1 heterocycles. The van der Waals surface area contributed by atoms with Crippen molar-refractivity contribution in [2.75, 3.05) is 0 Å². The Morgan fingerprint density at radius 1 is 1.04 bits per heavy atom. The minimum absolute atomic E-state index is 0.113. The lowest BCUT2D eigenvalue weighted by atomic mass is 10.2. The van der Waals surface area contributed by atoms with Crippen LogP contribution in [0.25, 0.3) is 10.1 Å². The number of hydrogen-bond donors (Lipinski definition) is 1. The number of fused-ring (bicyclic) bond motifs is 1. The first-order chi connectivity index (χ1) is 10.8.